The second-order valence-electron chi connectivity index (χ2n) is 5.17. The minimum absolute atomic E-state index is 0.137. The standard InChI is InChI=1S/C16H15ClN2O2S/c1-10-4-5-11(17)9-12(10)16(21)19-7-6-18-15(20)14(19)13-3-2-8-22-13/h2-5,8-9,14H,6-7H2,1H3,(H,18,20). The van der Waals surface area contributed by atoms with Crippen LogP contribution in [0.2, 0.25) is 5.02 Å². The van der Waals surface area contributed by atoms with Gasteiger partial charge in [0.1, 0.15) is 6.04 Å². The Labute approximate surface area is 137 Å². The number of amides is 2. The zero-order valence-corrected chi connectivity index (χ0v) is 13.6. The topological polar surface area (TPSA) is 49.4 Å². The maximum atomic E-state index is 12.9. The van der Waals surface area contributed by atoms with Gasteiger partial charge in [0.05, 0.1) is 0 Å². The van der Waals surface area contributed by atoms with Crippen molar-refractivity contribution in [1.29, 1.82) is 0 Å². The molecule has 2 aromatic rings. The van der Waals surface area contributed by atoms with Crippen LogP contribution in [0.1, 0.15) is 26.8 Å². The van der Waals surface area contributed by atoms with Gasteiger partial charge in [-0.15, -0.1) is 11.3 Å². The fraction of sp³-hybridized carbons (Fsp3) is 0.250. The summed E-state index contributed by atoms with van der Waals surface area (Å²) >= 11 is 7.49. The maximum Gasteiger partial charge on any atom is 0.255 e. The first-order chi connectivity index (χ1) is 10.6. The van der Waals surface area contributed by atoms with Crippen LogP contribution in [-0.2, 0) is 4.79 Å². The van der Waals surface area contributed by atoms with Gasteiger partial charge < -0.3 is 10.2 Å². The Hall–Kier alpha value is -1.85. The predicted octanol–water partition coefficient (Wildman–Crippen LogP) is 3.02. The summed E-state index contributed by atoms with van der Waals surface area (Å²) in [5, 5.41) is 5.25. The van der Waals surface area contributed by atoms with Gasteiger partial charge in [0.15, 0.2) is 0 Å². The SMILES string of the molecule is Cc1ccc(Cl)cc1C(=O)N1CCNC(=O)C1c1cccs1. The molecule has 114 valence electrons. The van der Waals surface area contributed by atoms with E-state index in [2.05, 4.69) is 5.32 Å². The van der Waals surface area contributed by atoms with Crippen LogP contribution in [-0.4, -0.2) is 29.8 Å². The zero-order valence-electron chi connectivity index (χ0n) is 12.0. The van der Waals surface area contributed by atoms with E-state index < -0.39 is 6.04 Å². The van der Waals surface area contributed by atoms with Gasteiger partial charge in [-0.3, -0.25) is 9.59 Å². The summed E-state index contributed by atoms with van der Waals surface area (Å²) in [5.41, 5.74) is 1.40. The van der Waals surface area contributed by atoms with Crippen LogP contribution < -0.4 is 5.32 Å². The van der Waals surface area contributed by atoms with Crippen LogP contribution in [0.15, 0.2) is 35.7 Å². The van der Waals surface area contributed by atoms with Gasteiger partial charge in [-0.2, -0.15) is 0 Å². The molecule has 1 saturated heterocycles. The molecule has 1 aliphatic rings. The van der Waals surface area contributed by atoms with E-state index in [4.69, 9.17) is 11.6 Å². The largest absolute Gasteiger partial charge is 0.352 e. The second-order valence-corrected chi connectivity index (χ2v) is 6.58. The van der Waals surface area contributed by atoms with E-state index in [1.165, 1.54) is 11.3 Å². The van der Waals surface area contributed by atoms with Crippen LogP contribution >= 0.6 is 22.9 Å². The van der Waals surface area contributed by atoms with Crippen molar-refractivity contribution in [2.45, 2.75) is 13.0 Å². The summed E-state index contributed by atoms with van der Waals surface area (Å²) in [4.78, 5) is 27.7. The third-order valence-corrected chi connectivity index (χ3v) is 4.88. The molecule has 0 aliphatic carbocycles. The van der Waals surface area contributed by atoms with Crippen LogP contribution in [0.25, 0.3) is 0 Å². The molecule has 1 atom stereocenters. The van der Waals surface area contributed by atoms with E-state index in [1.54, 1.807) is 17.0 Å². The number of carbonyl (C=O) groups is 2. The fourth-order valence-electron chi connectivity index (χ4n) is 2.59. The molecular formula is C16H15ClN2O2S. The average molecular weight is 335 g/mol. The van der Waals surface area contributed by atoms with Gasteiger partial charge in [-0.1, -0.05) is 23.7 Å². The summed E-state index contributed by atoms with van der Waals surface area (Å²) in [6.07, 6.45) is 0. The van der Waals surface area contributed by atoms with E-state index in [0.717, 1.165) is 10.4 Å². The quantitative estimate of drug-likeness (QED) is 0.917. The van der Waals surface area contributed by atoms with Crippen molar-refractivity contribution in [2.24, 2.45) is 0 Å². The number of halogens is 1. The monoisotopic (exact) mass is 334 g/mol. The van der Waals surface area contributed by atoms with Gasteiger partial charge in [-0.25, -0.2) is 0 Å². The highest BCUT2D eigenvalue weighted by molar-refractivity contribution is 7.10. The Balaban J connectivity index is 1.99. The van der Waals surface area contributed by atoms with E-state index >= 15 is 0 Å². The average Bonchev–Trinajstić information content (AvgIpc) is 3.02. The second kappa shape index (κ2) is 6.10. The number of hydrogen-bond donors (Lipinski definition) is 1. The molecule has 0 radical (unpaired) electrons. The van der Waals surface area contributed by atoms with Crippen LogP contribution in [0.4, 0.5) is 0 Å². The Morgan fingerprint density at radius 3 is 2.95 bits per heavy atom. The predicted molar refractivity (Wildman–Crippen MR) is 87.3 cm³/mol. The summed E-state index contributed by atoms with van der Waals surface area (Å²) in [5.74, 6) is -0.296. The molecule has 3 rings (SSSR count). The molecule has 1 fully saturated rings. The molecule has 22 heavy (non-hydrogen) atoms. The number of aryl methyl sites for hydroxylation is 1. The van der Waals surface area contributed by atoms with Gasteiger partial charge in [-0.05, 0) is 36.1 Å². The first-order valence-electron chi connectivity index (χ1n) is 6.96. The summed E-state index contributed by atoms with van der Waals surface area (Å²) < 4.78 is 0. The smallest absolute Gasteiger partial charge is 0.255 e. The molecule has 1 aromatic carbocycles. The number of carbonyl (C=O) groups excluding carboxylic acids is 2. The van der Waals surface area contributed by atoms with Crippen molar-refractivity contribution < 1.29 is 9.59 Å². The van der Waals surface area contributed by atoms with Crippen molar-refractivity contribution in [3.05, 3.63) is 56.7 Å². The van der Waals surface area contributed by atoms with Crippen molar-refractivity contribution in [1.82, 2.24) is 10.2 Å². The number of nitrogens with one attached hydrogen (secondary N) is 1. The molecule has 4 nitrogen and oxygen atoms in total. The van der Waals surface area contributed by atoms with E-state index in [0.29, 0.717) is 23.7 Å². The van der Waals surface area contributed by atoms with Gasteiger partial charge in [0.25, 0.3) is 5.91 Å². The summed E-state index contributed by atoms with van der Waals surface area (Å²) in [6, 6.07) is 8.43. The van der Waals surface area contributed by atoms with Gasteiger partial charge in [0, 0.05) is 28.6 Å². The normalized spacial score (nSPS) is 18.2. The maximum absolute atomic E-state index is 12.9. The van der Waals surface area contributed by atoms with Crippen molar-refractivity contribution >= 4 is 34.8 Å². The number of rotatable bonds is 2. The molecule has 0 spiro atoms. The molecule has 0 saturated carbocycles. The lowest BCUT2D eigenvalue weighted by Crippen LogP contribution is -2.52. The Kier molecular flexibility index (Phi) is 4.18. The number of thiophene rings is 1. The first-order valence-corrected chi connectivity index (χ1v) is 8.22. The van der Waals surface area contributed by atoms with Crippen LogP contribution in [0, 0.1) is 6.92 Å². The third-order valence-electron chi connectivity index (χ3n) is 3.72. The Morgan fingerprint density at radius 2 is 2.23 bits per heavy atom. The molecular weight excluding hydrogens is 320 g/mol. The number of benzene rings is 1. The number of nitrogens with zero attached hydrogens (tertiary/aromatic N) is 1. The highest BCUT2D eigenvalue weighted by Crippen LogP contribution is 2.29. The lowest BCUT2D eigenvalue weighted by molar-refractivity contribution is -0.127. The third kappa shape index (κ3) is 2.74. The molecule has 1 unspecified atom stereocenters. The van der Waals surface area contributed by atoms with Gasteiger partial charge in [0.2, 0.25) is 5.91 Å². The Bertz CT molecular complexity index is 715. The first kappa shape index (κ1) is 15.1. The number of hydrogen-bond acceptors (Lipinski definition) is 3. The Morgan fingerprint density at radius 1 is 1.41 bits per heavy atom. The van der Waals surface area contributed by atoms with Crippen LogP contribution in [0.5, 0.6) is 0 Å². The van der Waals surface area contributed by atoms with Crippen molar-refractivity contribution in [2.75, 3.05) is 13.1 Å². The molecule has 1 aliphatic heterocycles. The summed E-state index contributed by atoms with van der Waals surface area (Å²) in [6.45, 7) is 2.82. The molecule has 1 aromatic heterocycles. The fourth-order valence-corrected chi connectivity index (χ4v) is 3.60. The van der Waals surface area contributed by atoms with Crippen molar-refractivity contribution in [3.8, 4) is 0 Å². The van der Waals surface area contributed by atoms with Crippen LogP contribution in [0.3, 0.4) is 0 Å². The lowest BCUT2D eigenvalue weighted by Gasteiger charge is -2.34. The molecule has 6 heteroatoms. The highest BCUT2D eigenvalue weighted by atomic mass is 35.5. The molecule has 2 amide bonds. The van der Waals surface area contributed by atoms with E-state index in [9.17, 15) is 9.59 Å². The van der Waals surface area contributed by atoms with E-state index in [1.807, 2.05) is 30.5 Å². The summed E-state index contributed by atoms with van der Waals surface area (Å²) in [7, 11) is 0. The molecule has 1 N–H and O–H groups in total. The van der Waals surface area contributed by atoms with Gasteiger partial charge >= 0.3 is 0 Å². The molecule has 0 bridgehead atoms. The number of piperazine rings is 1. The lowest BCUT2D eigenvalue weighted by atomic mass is 10.0. The zero-order chi connectivity index (χ0) is 15.7. The molecule has 2 heterocycles. The van der Waals surface area contributed by atoms with E-state index in [-0.39, 0.29) is 11.8 Å². The minimum atomic E-state index is -0.570. The minimum Gasteiger partial charge on any atom is -0.352 e. The highest BCUT2D eigenvalue weighted by Gasteiger charge is 2.35. The van der Waals surface area contributed by atoms with Crippen molar-refractivity contribution in [3.63, 3.8) is 0 Å².